The number of rotatable bonds is 6. The van der Waals surface area contributed by atoms with Crippen LogP contribution in [-0.4, -0.2) is 80.7 Å². The molecule has 6 nitrogen and oxygen atoms in total. The lowest BCUT2D eigenvalue weighted by Crippen LogP contribution is -2.51. The van der Waals surface area contributed by atoms with E-state index in [2.05, 4.69) is 20.5 Å². The molecule has 0 aromatic carbocycles. The molecule has 2 rings (SSSR count). The molecular weight excluding hydrogens is 371 g/mol. The van der Waals surface area contributed by atoms with Crippen molar-refractivity contribution in [2.75, 3.05) is 46.8 Å². The number of hydrogen-bond acceptors (Lipinski definition) is 3. The van der Waals surface area contributed by atoms with Gasteiger partial charge in [0.05, 0.1) is 6.54 Å². The van der Waals surface area contributed by atoms with Gasteiger partial charge in [0.2, 0.25) is 5.91 Å². The van der Waals surface area contributed by atoms with Gasteiger partial charge in [-0.05, 0) is 31.6 Å². The number of likely N-dealkylation sites (tertiary alicyclic amines) is 1. The lowest BCUT2D eigenvalue weighted by molar-refractivity contribution is -0.157. The predicted molar refractivity (Wildman–Crippen MR) is 104 cm³/mol. The number of guanidine groups is 1. The van der Waals surface area contributed by atoms with Crippen molar-refractivity contribution in [2.45, 2.75) is 57.2 Å². The second-order valence-electron chi connectivity index (χ2n) is 8.01. The Balaban J connectivity index is 1.67. The number of halogens is 3. The molecule has 9 heteroatoms. The monoisotopic (exact) mass is 405 g/mol. The molecule has 1 saturated heterocycles. The van der Waals surface area contributed by atoms with Crippen molar-refractivity contribution in [3.63, 3.8) is 0 Å². The first kappa shape index (κ1) is 22.8. The van der Waals surface area contributed by atoms with E-state index in [0.29, 0.717) is 10.9 Å². The summed E-state index contributed by atoms with van der Waals surface area (Å²) in [6.45, 7) is 1.81. The SMILES string of the molecule is CN=C(NCC(=O)N(C)CC(F)(F)F)NC1CCN(CC2CCCCC2)CC1. The van der Waals surface area contributed by atoms with Gasteiger partial charge in [-0.25, -0.2) is 0 Å². The zero-order chi connectivity index (χ0) is 20.6. The van der Waals surface area contributed by atoms with E-state index in [0.717, 1.165) is 38.9 Å². The molecule has 0 radical (unpaired) electrons. The summed E-state index contributed by atoms with van der Waals surface area (Å²) in [5.74, 6) is 0.675. The van der Waals surface area contributed by atoms with E-state index < -0.39 is 18.6 Å². The highest BCUT2D eigenvalue weighted by molar-refractivity contribution is 5.86. The Morgan fingerprint density at radius 3 is 2.36 bits per heavy atom. The highest BCUT2D eigenvalue weighted by Gasteiger charge is 2.31. The normalized spacial score (nSPS) is 20.8. The van der Waals surface area contributed by atoms with Crippen LogP contribution < -0.4 is 10.6 Å². The second kappa shape index (κ2) is 10.9. The molecule has 0 unspecified atom stereocenters. The van der Waals surface area contributed by atoms with Crippen LogP contribution in [0, 0.1) is 5.92 Å². The van der Waals surface area contributed by atoms with Gasteiger partial charge in [0.1, 0.15) is 6.54 Å². The lowest BCUT2D eigenvalue weighted by atomic mass is 9.88. The van der Waals surface area contributed by atoms with E-state index in [1.54, 1.807) is 7.05 Å². The van der Waals surface area contributed by atoms with Gasteiger partial charge in [-0.2, -0.15) is 13.2 Å². The average molecular weight is 406 g/mol. The van der Waals surface area contributed by atoms with Gasteiger partial charge < -0.3 is 20.4 Å². The molecular formula is C19H34F3N5O. The van der Waals surface area contributed by atoms with Crippen LogP contribution in [0.4, 0.5) is 13.2 Å². The van der Waals surface area contributed by atoms with E-state index in [4.69, 9.17) is 0 Å². The Bertz CT molecular complexity index is 512. The Kier molecular flexibility index (Phi) is 8.85. The predicted octanol–water partition coefficient (Wildman–Crippen LogP) is 2.22. The van der Waals surface area contributed by atoms with Gasteiger partial charge in [-0.1, -0.05) is 19.3 Å². The van der Waals surface area contributed by atoms with Crippen molar-refractivity contribution in [2.24, 2.45) is 10.9 Å². The fraction of sp³-hybridized carbons (Fsp3) is 0.895. The van der Waals surface area contributed by atoms with Crippen molar-refractivity contribution in [3.05, 3.63) is 0 Å². The summed E-state index contributed by atoms with van der Waals surface area (Å²) in [5.41, 5.74) is 0. The van der Waals surface area contributed by atoms with Crippen LogP contribution in [0.2, 0.25) is 0 Å². The minimum absolute atomic E-state index is 0.215. The molecule has 0 spiro atoms. The van der Waals surface area contributed by atoms with Crippen molar-refractivity contribution >= 4 is 11.9 Å². The molecule has 1 amide bonds. The molecule has 28 heavy (non-hydrogen) atoms. The van der Waals surface area contributed by atoms with E-state index in [1.807, 2.05) is 0 Å². The molecule has 0 atom stereocenters. The summed E-state index contributed by atoms with van der Waals surface area (Å²) in [7, 11) is 2.74. The number of nitrogens with zero attached hydrogens (tertiary/aromatic N) is 3. The molecule has 1 aliphatic carbocycles. The number of carbonyl (C=O) groups excluding carboxylic acids is 1. The number of amides is 1. The first-order valence-electron chi connectivity index (χ1n) is 10.3. The fourth-order valence-electron chi connectivity index (χ4n) is 4.03. The van der Waals surface area contributed by atoms with E-state index >= 15 is 0 Å². The standard InChI is InChI=1S/C19H34F3N5O/c1-23-18(24-12-17(28)26(2)14-19(20,21)22)25-16-8-10-27(11-9-16)13-15-6-4-3-5-7-15/h15-16H,3-14H2,1-2H3,(H2,23,24,25). The van der Waals surface area contributed by atoms with Crippen LogP contribution in [0.15, 0.2) is 4.99 Å². The van der Waals surface area contributed by atoms with E-state index in [-0.39, 0.29) is 12.6 Å². The molecule has 0 aromatic heterocycles. The molecule has 0 aromatic rings. The van der Waals surface area contributed by atoms with Crippen LogP contribution >= 0.6 is 0 Å². The van der Waals surface area contributed by atoms with Crippen LogP contribution in [0.1, 0.15) is 44.9 Å². The summed E-state index contributed by atoms with van der Waals surface area (Å²) in [4.78, 5) is 19.1. The number of likely N-dealkylation sites (N-methyl/N-ethyl adjacent to an activating group) is 1. The Hall–Kier alpha value is -1.51. The van der Waals surface area contributed by atoms with E-state index in [1.165, 1.54) is 38.6 Å². The number of hydrogen-bond donors (Lipinski definition) is 2. The molecule has 2 aliphatic rings. The zero-order valence-corrected chi connectivity index (χ0v) is 17.0. The highest BCUT2D eigenvalue weighted by atomic mass is 19.4. The van der Waals surface area contributed by atoms with Crippen molar-refractivity contribution in [3.8, 4) is 0 Å². The lowest BCUT2D eigenvalue weighted by Gasteiger charge is -2.36. The molecule has 2 N–H and O–H groups in total. The molecule has 1 saturated carbocycles. The van der Waals surface area contributed by atoms with Crippen LogP contribution in [0.3, 0.4) is 0 Å². The summed E-state index contributed by atoms with van der Waals surface area (Å²) < 4.78 is 37.1. The number of nitrogens with one attached hydrogen (secondary N) is 2. The Morgan fingerprint density at radius 2 is 1.79 bits per heavy atom. The maximum atomic E-state index is 12.4. The summed E-state index contributed by atoms with van der Waals surface area (Å²) >= 11 is 0. The largest absolute Gasteiger partial charge is 0.406 e. The zero-order valence-electron chi connectivity index (χ0n) is 17.0. The number of aliphatic imine (C=N–C) groups is 1. The van der Waals surface area contributed by atoms with Crippen LogP contribution in [0.25, 0.3) is 0 Å². The van der Waals surface area contributed by atoms with E-state index in [9.17, 15) is 18.0 Å². The van der Waals surface area contributed by atoms with Crippen LogP contribution in [-0.2, 0) is 4.79 Å². The van der Waals surface area contributed by atoms with Gasteiger partial charge in [0, 0.05) is 39.8 Å². The van der Waals surface area contributed by atoms with Gasteiger partial charge in [0.15, 0.2) is 5.96 Å². The highest BCUT2D eigenvalue weighted by Crippen LogP contribution is 2.25. The topological polar surface area (TPSA) is 60.0 Å². The van der Waals surface area contributed by atoms with Gasteiger partial charge in [0.25, 0.3) is 0 Å². The second-order valence-corrected chi connectivity index (χ2v) is 8.01. The van der Waals surface area contributed by atoms with Gasteiger partial charge in [-0.3, -0.25) is 9.79 Å². The minimum atomic E-state index is -4.39. The average Bonchev–Trinajstić information content (AvgIpc) is 2.65. The Labute approximate surface area is 165 Å². The summed E-state index contributed by atoms with van der Waals surface area (Å²) in [5, 5.41) is 6.12. The third-order valence-corrected chi connectivity index (χ3v) is 5.64. The van der Waals surface area contributed by atoms with Crippen molar-refractivity contribution in [1.29, 1.82) is 0 Å². The number of piperidine rings is 1. The quantitative estimate of drug-likeness (QED) is 0.526. The third-order valence-electron chi connectivity index (χ3n) is 5.64. The van der Waals surface area contributed by atoms with Gasteiger partial charge >= 0.3 is 6.18 Å². The first-order valence-corrected chi connectivity index (χ1v) is 10.3. The van der Waals surface area contributed by atoms with Gasteiger partial charge in [-0.15, -0.1) is 0 Å². The van der Waals surface area contributed by atoms with Crippen LogP contribution in [0.5, 0.6) is 0 Å². The minimum Gasteiger partial charge on any atom is -0.354 e. The number of carbonyl (C=O) groups is 1. The smallest absolute Gasteiger partial charge is 0.354 e. The maximum absolute atomic E-state index is 12.4. The molecule has 0 bridgehead atoms. The Morgan fingerprint density at radius 1 is 1.14 bits per heavy atom. The molecule has 1 heterocycles. The molecule has 1 aliphatic heterocycles. The molecule has 2 fully saturated rings. The van der Waals surface area contributed by atoms with Crippen molar-refractivity contribution < 1.29 is 18.0 Å². The van der Waals surface area contributed by atoms with Crippen molar-refractivity contribution in [1.82, 2.24) is 20.4 Å². The maximum Gasteiger partial charge on any atom is 0.406 e. The number of alkyl halides is 3. The summed E-state index contributed by atoms with van der Waals surface area (Å²) in [6.07, 6.45) is 4.41. The first-order chi connectivity index (χ1) is 13.3. The molecule has 162 valence electrons. The third kappa shape index (κ3) is 8.24. The summed E-state index contributed by atoms with van der Waals surface area (Å²) in [6, 6.07) is 0.261. The fourth-order valence-corrected chi connectivity index (χ4v) is 4.03.